The number of anilines is 3. The van der Waals surface area contributed by atoms with Crippen LogP contribution in [0.1, 0.15) is 21.9 Å². The predicted octanol–water partition coefficient (Wildman–Crippen LogP) is 8.29. The van der Waals surface area contributed by atoms with Gasteiger partial charge in [-0.2, -0.15) is 13.2 Å². The molecule has 0 heterocycles. The predicted molar refractivity (Wildman–Crippen MR) is 153 cm³/mol. The Hall–Kier alpha value is -3.82. The lowest BCUT2D eigenvalue weighted by atomic mass is 10.1. The Labute approximate surface area is 228 Å². The van der Waals surface area contributed by atoms with Gasteiger partial charge in [-0.1, -0.05) is 60.2 Å². The van der Waals surface area contributed by atoms with Crippen molar-refractivity contribution in [2.45, 2.75) is 23.2 Å². The first kappa shape index (κ1) is 27.2. The summed E-state index contributed by atoms with van der Waals surface area (Å²) in [5.41, 5.74) is 2.70. The highest BCUT2D eigenvalue weighted by Crippen LogP contribution is 2.38. The smallest absolute Gasteiger partial charge is 0.332 e. The van der Waals surface area contributed by atoms with Crippen LogP contribution < -0.4 is 16.0 Å². The molecule has 0 aliphatic heterocycles. The van der Waals surface area contributed by atoms with Crippen LogP contribution in [-0.2, 0) is 11.0 Å². The molecule has 9 heteroatoms. The lowest BCUT2D eigenvalue weighted by Gasteiger charge is -2.18. The summed E-state index contributed by atoms with van der Waals surface area (Å²) >= 11 is 6.72. The highest BCUT2D eigenvalue weighted by atomic mass is 32.2. The maximum absolute atomic E-state index is 13.3. The fraction of sp³-hybridized carbons (Fsp3) is 0.103. The Bertz CT molecular complexity index is 1410. The lowest BCUT2D eigenvalue weighted by molar-refractivity contribution is -0.137. The third-order valence-corrected chi connectivity index (χ3v) is 6.91. The van der Waals surface area contributed by atoms with Gasteiger partial charge >= 0.3 is 6.18 Å². The molecule has 0 radical (unpaired) electrons. The van der Waals surface area contributed by atoms with Crippen LogP contribution in [0.15, 0.2) is 108 Å². The van der Waals surface area contributed by atoms with E-state index in [1.807, 2.05) is 85.8 Å². The number of amides is 1. The molecule has 38 heavy (non-hydrogen) atoms. The summed E-state index contributed by atoms with van der Waals surface area (Å²) in [6, 6.07) is 28.9. The van der Waals surface area contributed by atoms with Gasteiger partial charge in [0.25, 0.3) is 0 Å². The van der Waals surface area contributed by atoms with Crippen molar-refractivity contribution in [2.75, 3.05) is 16.0 Å². The molecule has 194 valence electrons. The summed E-state index contributed by atoms with van der Waals surface area (Å²) in [6.45, 7) is 2.01. The molecule has 1 amide bonds. The molecular formula is C29H24F3N3OS2. The van der Waals surface area contributed by atoms with Gasteiger partial charge in [0.1, 0.15) is 5.25 Å². The van der Waals surface area contributed by atoms with Gasteiger partial charge < -0.3 is 16.0 Å². The van der Waals surface area contributed by atoms with E-state index in [-0.39, 0.29) is 5.69 Å². The monoisotopic (exact) mass is 551 g/mol. The van der Waals surface area contributed by atoms with E-state index in [0.717, 1.165) is 39.5 Å². The molecule has 0 aromatic heterocycles. The number of halogens is 3. The molecule has 0 aliphatic carbocycles. The summed E-state index contributed by atoms with van der Waals surface area (Å²) in [6.07, 6.45) is -4.50. The van der Waals surface area contributed by atoms with E-state index >= 15 is 0 Å². The number of carbonyl (C=O) groups excluding carboxylic acids is 1. The number of hydrogen-bond donors (Lipinski definition) is 3. The van der Waals surface area contributed by atoms with Gasteiger partial charge in [0, 0.05) is 22.0 Å². The highest BCUT2D eigenvalue weighted by Gasteiger charge is 2.31. The van der Waals surface area contributed by atoms with Gasteiger partial charge in [-0.3, -0.25) is 4.79 Å². The summed E-state index contributed by atoms with van der Waals surface area (Å²) in [5.74, 6) is -0.435. The molecule has 0 saturated carbocycles. The molecule has 0 fully saturated rings. The maximum Gasteiger partial charge on any atom is 0.416 e. The van der Waals surface area contributed by atoms with Crippen LogP contribution in [0.2, 0.25) is 0 Å². The number of nitrogens with one attached hydrogen (secondary N) is 3. The second-order valence-corrected chi connectivity index (χ2v) is 10.0. The third kappa shape index (κ3) is 7.60. The number of thioether (sulfide) groups is 1. The van der Waals surface area contributed by atoms with Gasteiger partial charge in [-0.05, 0) is 73.2 Å². The largest absolute Gasteiger partial charge is 0.416 e. The van der Waals surface area contributed by atoms with Crippen molar-refractivity contribution in [3.8, 4) is 0 Å². The van der Waals surface area contributed by atoms with Gasteiger partial charge in [0.05, 0.1) is 5.56 Å². The van der Waals surface area contributed by atoms with Crippen LogP contribution in [-0.4, -0.2) is 11.0 Å². The molecule has 0 bridgehead atoms. The van der Waals surface area contributed by atoms with Gasteiger partial charge in [-0.25, -0.2) is 0 Å². The number of rotatable bonds is 7. The standard InChI is InChI=1S/C29H24F3N3OS2/c1-19-13-15-22(16-14-19)34-28(37)35-24-11-6-12-25(18-24)38-26(20-7-3-2-4-8-20)27(36)33-23-10-5-9-21(17-23)29(30,31)32/h2-18,26H,1H3,(H,33,36)(H2,34,35,37). The maximum atomic E-state index is 13.3. The Morgan fingerprint density at radius 2 is 1.39 bits per heavy atom. The van der Waals surface area contributed by atoms with Crippen molar-refractivity contribution in [1.29, 1.82) is 0 Å². The van der Waals surface area contributed by atoms with Crippen molar-refractivity contribution in [2.24, 2.45) is 0 Å². The first-order chi connectivity index (χ1) is 18.2. The van der Waals surface area contributed by atoms with Gasteiger partial charge in [-0.15, -0.1) is 11.8 Å². The van der Waals surface area contributed by atoms with Crippen molar-refractivity contribution >= 4 is 52.1 Å². The molecule has 4 nitrogen and oxygen atoms in total. The molecule has 0 aliphatic rings. The molecule has 1 atom stereocenters. The Morgan fingerprint density at radius 1 is 0.763 bits per heavy atom. The van der Waals surface area contributed by atoms with Crippen LogP contribution in [0.25, 0.3) is 0 Å². The fourth-order valence-corrected chi connectivity index (χ4v) is 4.91. The van der Waals surface area contributed by atoms with Crippen molar-refractivity contribution < 1.29 is 18.0 Å². The van der Waals surface area contributed by atoms with Crippen LogP contribution in [0.3, 0.4) is 0 Å². The number of benzene rings is 4. The molecule has 4 rings (SSSR count). The average molecular weight is 552 g/mol. The van der Waals surface area contributed by atoms with Gasteiger partial charge in [0.15, 0.2) is 5.11 Å². The Kier molecular flexibility index (Phi) is 8.70. The minimum atomic E-state index is -4.50. The minimum absolute atomic E-state index is 0.0781. The molecule has 4 aromatic rings. The third-order valence-electron chi connectivity index (χ3n) is 5.45. The molecule has 0 spiro atoms. The lowest BCUT2D eigenvalue weighted by Crippen LogP contribution is -2.20. The normalized spacial score (nSPS) is 11.9. The van der Waals surface area contributed by atoms with E-state index in [1.54, 1.807) is 0 Å². The first-order valence-electron chi connectivity index (χ1n) is 11.6. The first-order valence-corrected chi connectivity index (χ1v) is 12.9. The van der Waals surface area contributed by atoms with Gasteiger partial charge in [0.2, 0.25) is 5.91 Å². The topological polar surface area (TPSA) is 53.2 Å². The molecule has 0 saturated heterocycles. The quantitative estimate of drug-likeness (QED) is 0.159. The molecular weight excluding hydrogens is 527 g/mol. The zero-order valence-corrected chi connectivity index (χ0v) is 21.9. The van der Waals surface area contributed by atoms with E-state index in [4.69, 9.17) is 12.2 Å². The van der Waals surface area contributed by atoms with E-state index in [1.165, 1.54) is 23.9 Å². The SMILES string of the molecule is Cc1ccc(NC(=S)Nc2cccc(SC(C(=O)Nc3cccc(C(F)(F)F)c3)c3ccccc3)c2)cc1. The minimum Gasteiger partial charge on any atom is -0.332 e. The van der Waals surface area contributed by atoms with E-state index in [2.05, 4.69) is 16.0 Å². The number of thiocarbonyl (C=S) groups is 1. The van der Waals surface area contributed by atoms with Crippen LogP contribution in [0, 0.1) is 6.92 Å². The van der Waals surface area contributed by atoms with Crippen LogP contribution >= 0.6 is 24.0 Å². The number of carbonyl (C=O) groups is 1. The zero-order chi connectivity index (χ0) is 27.1. The summed E-state index contributed by atoms with van der Waals surface area (Å²) in [5, 5.41) is 8.63. The summed E-state index contributed by atoms with van der Waals surface area (Å²) in [7, 11) is 0. The second-order valence-electron chi connectivity index (χ2n) is 8.45. The summed E-state index contributed by atoms with van der Waals surface area (Å²) in [4.78, 5) is 14.1. The average Bonchev–Trinajstić information content (AvgIpc) is 2.89. The fourth-order valence-electron chi connectivity index (χ4n) is 3.60. The highest BCUT2D eigenvalue weighted by molar-refractivity contribution is 8.00. The number of hydrogen-bond acceptors (Lipinski definition) is 3. The molecule has 3 N–H and O–H groups in total. The summed E-state index contributed by atoms with van der Waals surface area (Å²) < 4.78 is 39.4. The number of aryl methyl sites for hydroxylation is 1. The van der Waals surface area contributed by atoms with Crippen molar-refractivity contribution in [3.63, 3.8) is 0 Å². The number of alkyl halides is 3. The van der Waals surface area contributed by atoms with E-state index in [0.29, 0.717) is 5.11 Å². The molecule has 1 unspecified atom stereocenters. The zero-order valence-electron chi connectivity index (χ0n) is 20.3. The van der Waals surface area contributed by atoms with Crippen LogP contribution in [0.5, 0.6) is 0 Å². The van der Waals surface area contributed by atoms with E-state index < -0.39 is 22.9 Å². The van der Waals surface area contributed by atoms with E-state index in [9.17, 15) is 18.0 Å². The van der Waals surface area contributed by atoms with Crippen molar-refractivity contribution in [1.82, 2.24) is 0 Å². The van der Waals surface area contributed by atoms with Crippen molar-refractivity contribution in [3.05, 3.63) is 120 Å². The second kappa shape index (κ2) is 12.1. The molecule has 4 aromatic carbocycles. The Balaban J connectivity index is 1.50. The Morgan fingerprint density at radius 3 is 2.08 bits per heavy atom. The van der Waals surface area contributed by atoms with Crippen LogP contribution in [0.4, 0.5) is 30.2 Å².